The van der Waals surface area contributed by atoms with E-state index in [1.807, 2.05) is 32.0 Å². The van der Waals surface area contributed by atoms with Gasteiger partial charge in [-0.1, -0.05) is 43.6 Å². The number of halogens is 1. The molecule has 0 amide bonds. The highest BCUT2D eigenvalue weighted by Gasteiger charge is 2.46. The zero-order valence-corrected chi connectivity index (χ0v) is 14.8. The monoisotopic (exact) mass is 363 g/mol. The van der Waals surface area contributed by atoms with Crippen LogP contribution in [0, 0.1) is 0 Å². The zero-order chi connectivity index (χ0) is 17.1. The van der Waals surface area contributed by atoms with Gasteiger partial charge in [-0.25, -0.2) is 5.14 Å². The first-order chi connectivity index (χ1) is 10.8. The largest absolute Gasteiger partial charge is 0.344 e. The minimum atomic E-state index is -3.97. The first-order valence-electron chi connectivity index (χ1n) is 7.57. The number of nitrogens with two attached hydrogens (primary N) is 1. The van der Waals surface area contributed by atoms with Crippen LogP contribution in [0.2, 0.25) is 5.02 Å². The van der Waals surface area contributed by atoms with Crippen molar-refractivity contribution in [2.75, 3.05) is 6.61 Å². The first-order valence-corrected chi connectivity index (χ1v) is 9.42. The number of hydrogen-bond acceptors (Lipinski definition) is 5. The second-order valence-corrected chi connectivity index (χ2v) is 7.07. The highest BCUT2D eigenvalue weighted by molar-refractivity contribution is 7.84. The third-order valence-electron chi connectivity index (χ3n) is 3.98. The Hall–Kier alpha value is -0.700. The predicted octanol–water partition coefficient (Wildman–Crippen LogP) is 2.92. The average molecular weight is 364 g/mol. The number of ether oxygens (including phenoxy) is 2. The lowest BCUT2D eigenvalue weighted by Crippen LogP contribution is -2.29. The van der Waals surface area contributed by atoms with E-state index in [0.717, 1.165) is 5.56 Å². The van der Waals surface area contributed by atoms with Crippen LogP contribution in [0.5, 0.6) is 0 Å². The Morgan fingerprint density at radius 2 is 1.91 bits per heavy atom. The van der Waals surface area contributed by atoms with E-state index in [1.165, 1.54) is 0 Å². The fourth-order valence-corrected chi connectivity index (χ4v) is 3.29. The molecular weight excluding hydrogens is 342 g/mol. The Morgan fingerprint density at radius 1 is 1.26 bits per heavy atom. The maximum atomic E-state index is 10.9. The molecule has 8 heteroatoms. The van der Waals surface area contributed by atoms with Gasteiger partial charge >= 0.3 is 10.3 Å². The van der Waals surface area contributed by atoms with Crippen molar-refractivity contribution >= 4 is 21.9 Å². The lowest BCUT2D eigenvalue weighted by atomic mass is 10.0. The molecule has 23 heavy (non-hydrogen) atoms. The van der Waals surface area contributed by atoms with Crippen LogP contribution in [0.1, 0.15) is 44.8 Å². The minimum absolute atomic E-state index is 0.0721. The van der Waals surface area contributed by atoms with Gasteiger partial charge in [0.15, 0.2) is 5.79 Å². The normalized spacial score (nSPS) is 24.0. The second kappa shape index (κ2) is 7.46. The van der Waals surface area contributed by atoms with Crippen molar-refractivity contribution in [1.82, 2.24) is 0 Å². The number of rotatable bonds is 7. The molecule has 1 fully saturated rings. The molecule has 0 radical (unpaired) electrons. The lowest BCUT2D eigenvalue weighted by Gasteiger charge is -2.25. The van der Waals surface area contributed by atoms with Gasteiger partial charge in [0.25, 0.3) is 0 Å². The summed E-state index contributed by atoms with van der Waals surface area (Å²) in [6, 6.07) is 7.38. The first kappa shape index (κ1) is 18.6. The van der Waals surface area contributed by atoms with Crippen LogP contribution >= 0.6 is 11.6 Å². The van der Waals surface area contributed by atoms with E-state index in [9.17, 15) is 8.42 Å². The van der Waals surface area contributed by atoms with Crippen LogP contribution in [0.25, 0.3) is 0 Å². The lowest BCUT2D eigenvalue weighted by molar-refractivity contribution is -0.180. The molecule has 2 N–H and O–H groups in total. The summed E-state index contributed by atoms with van der Waals surface area (Å²) in [7, 11) is -3.97. The summed E-state index contributed by atoms with van der Waals surface area (Å²) < 4.78 is 38.7. The van der Waals surface area contributed by atoms with Crippen LogP contribution in [0.15, 0.2) is 24.3 Å². The molecule has 1 heterocycles. The van der Waals surface area contributed by atoms with E-state index in [2.05, 4.69) is 4.18 Å². The Kier molecular flexibility index (Phi) is 6.05. The average Bonchev–Trinajstić information content (AvgIpc) is 2.86. The molecule has 2 atom stereocenters. The van der Waals surface area contributed by atoms with Gasteiger partial charge in [-0.3, -0.25) is 4.18 Å². The Labute approximate surface area is 142 Å². The quantitative estimate of drug-likeness (QED) is 0.804. The smallest absolute Gasteiger partial charge is 0.333 e. The van der Waals surface area contributed by atoms with Crippen molar-refractivity contribution in [2.45, 2.75) is 51.1 Å². The molecular formula is C15H22ClNO5S. The maximum absolute atomic E-state index is 10.9. The molecule has 0 saturated carbocycles. The van der Waals surface area contributed by atoms with E-state index in [-0.39, 0.29) is 18.8 Å². The summed E-state index contributed by atoms with van der Waals surface area (Å²) in [5, 5.41) is 5.44. The summed E-state index contributed by atoms with van der Waals surface area (Å²) in [5.74, 6) is -0.698. The van der Waals surface area contributed by atoms with Crippen LogP contribution < -0.4 is 5.14 Å². The van der Waals surface area contributed by atoms with Crippen molar-refractivity contribution in [2.24, 2.45) is 5.14 Å². The molecule has 0 bridgehead atoms. The summed E-state index contributed by atoms with van der Waals surface area (Å²) in [6.45, 7) is 3.89. The van der Waals surface area contributed by atoms with Gasteiger partial charge in [-0.2, -0.15) is 8.42 Å². The van der Waals surface area contributed by atoms with E-state index < -0.39 is 16.1 Å². The van der Waals surface area contributed by atoms with E-state index in [4.69, 9.17) is 26.2 Å². The molecule has 1 aromatic rings. The zero-order valence-electron chi connectivity index (χ0n) is 13.2. The Bertz CT molecular complexity index is 633. The molecule has 6 nitrogen and oxygen atoms in total. The fraction of sp³-hybridized carbons (Fsp3) is 0.600. The summed E-state index contributed by atoms with van der Waals surface area (Å²) in [5.41, 5.74) is 0.818. The summed E-state index contributed by atoms with van der Waals surface area (Å²) in [4.78, 5) is 0. The topological polar surface area (TPSA) is 87.9 Å². The third-order valence-corrected chi connectivity index (χ3v) is 4.82. The molecule has 0 aromatic heterocycles. The highest BCUT2D eigenvalue weighted by Crippen LogP contribution is 2.44. The van der Waals surface area contributed by atoms with Crippen LogP contribution in [0.4, 0.5) is 0 Å². The van der Waals surface area contributed by atoms with Crippen LogP contribution in [-0.4, -0.2) is 26.9 Å². The van der Waals surface area contributed by atoms with Crippen molar-refractivity contribution in [1.29, 1.82) is 0 Å². The molecule has 1 aromatic carbocycles. The molecule has 1 aliphatic rings. The molecule has 1 saturated heterocycles. The molecule has 0 unspecified atom stereocenters. The van der Waals surface area contributed by atoms with E-state index >= 15 is 0 Å². The van der Waals surface area contributed by atoms with Crippen molar-refractivity contribution in [3.05, 3.63) is 34.9 Å². The third kappa shape index (κ3) is 4.65. The van der Waals surface area contributed by atoms with Crippen molar-refractivity contribution < 1.29 is 22.1 Å². The summed E-state index contributed by atoms with van der Waals surface area (Å²) >= 11 is 6.27. The molecule has 2 rings (SSSR count). The fourth-order valence-electron chi connectivity index (χ4n) is 2.72. The highest BCUT2D eigenvalue weighted by atomic mass is 35.5. The van der Waals surface area contributed by atoms with Crippen LogP contribution in [0.3, 0.4) is 0 Å². The molecule has 0 aliphatic carbocycles. The van der Waals surface area contributed by atoms with Gasteiger partial charge in [0.1, 0.15) is 6.10 Å². The molecule has 1 aliphatic heterocycles. The maximum Gasteiger partial charge on any atom is 0.333 e. The van der Waals surface area contributed by atoms with Gasteiger partial charge < -0.3 is 9.47 Å². The van der Waals surface area contributed by atoms with Crippen molar-refractivity contribution in [3.63, 3.8) is 0 Å². The van der Waals surface area contributed by atoms with Gasteiger partial charge in [0, 0.05) is 17.0 Å². The Morgan fingerprint density at radius 3 is 2.48 bits per heavy atom. The number of hydrogen-bond donors (Lipinski definition) is 1. The second-order valence-electron chi connectivity index (χ2n) is 5.44. The molecule has 130 valence electrons. The van der Waals surface area contributed by atoms with Gasteiger partial charge in [-0.15, -0.1) is 0 Å². The van der Waals surface area contributed by atoms with Gasteiger partial charge in [0.05, 0.1) is 12.7 Å². The van der Waals surface area contributed by atoms with E-state index in [0.29, 0.717) is 24.3 Å². The predicted molar refractivity (Wildman–Crippen MR) is 87.1 cm³/mol. The van der Waals surface area contributed by atoms with Gasteiger partial charge in [-0.05, 0) is 18.9 Å². The standard InChI is InChI=1S/C15H22ClNO5S/c1-3-15(4-2)21-13(9-10-20-23(17,18)19)14(22-15)11-7-5-6-8-12(11)16/h5-8,13-14H,3-4,9-10H2,1-2H3,(H2,17,18,19)/t13-,14-/m0/s1. The minimum Gasteiger partial charge on any atom is -0.344 e. The van der Waals surface area contributed by atoms with Gasteiger partial charge in [0.2, 0.25) is 0 Å². The Balaban J connectivity index is 2.20. The van der Waals surface area contributed by atoms with Crippen molar-refractivity contribution in [3.8, 4) is 0 Å². The van der Waals surface area contributed by atoms with Crippen LogP contribution in [-0.2, 0) is 24.0 Å². The summed E-state index contributed by atoms with van der Waals surface area (Å²) in [6.07, 6.45) is 0.937. The SMILES string of the molecule is CCC1(CC)O[C@@H](CCOS(N)(=O)=O)[C@H](c2ccccc2Cl)O1. The van der Waals surface area contributed by atoms with E-state index in [1.54, 1.807) is 6.07 Å². The number of benzene rings is 1. The molecule has 0 spiro atoms.